The van der Waals surface area contributed by atoms with Gasteiger partial charge in [0.25, 0.3) is 0 Å². The SMILES string of the molecule is CC1(C)C2=C(C=CCC2)c2c1cc1ccccc1c2[N+]1=C(c2ccc(-c3ccccc3)cc2)C=C1c1ccccc1. The summed E-state index contributed by atoms with van der Waals surface area (Å²) in [6, 6.07) is 41.9. The maximum Gasteiger partial charge on any atom is 0.227 e. The van der Waals surface area contributed by atoms with Crippen molar-refractivity contribution < 1.29 is 4.58 Å². The van der Waals surface area contributed by atoms with Crippen LogP contribution in [0.3, 0.4) is 0 Å². The van der Waals surface area contributed by atoms with Crippen molar-refractivity contribution in [3.05, 3.63) is 161 Å². The van der Waals surface area contributed by atoms with Gasteiger partial charge in [-0.1, -0.05) is 110 Å². The average Bonchev–Trinajstić information content (AvgIpc) is 3.24. The maximum atomic E-state index is 2.54. The van der Waals surface area contributed by atoms with Gasteiger partial charge in [0.15, 0.2) is 0 Å². The second-order valence-corrected chi connectivity index (χ2v) is 11.9. The third-order valence-electron chi connectivity index (χ3n) is 9.23. The zero-order valence-electron chi connectivity index (χ0n) is 23.6. The van der Waals surface area contributed by atoms with E-state index in [4.69, 9.17) is 0 Å². The van der Waals surface area contributed by atoms with E-state index in [1.54, 1.807) is 5.57 Å². The number of hydrogen-bond acceptors (Lipinski definition) is 0. The Morgan fingerprint density at radius 3 is 2.05 bits per heavy atom. The van der Waals surface area contributed by atoms with E-state index in [-0.39, 0.29) is 5.41 Å². The molecule has 1 heteroatoms. The van der Waals surface area contributed by atoms with E-state index in [1.165, 1.54) is 66.8 Å². The predicted octanol–water partition coefficient (Wildman–Crippen LogP) is 10.1. The van der Waals surface area contributed by atoms with E-state index in [0.717, 1.165) is 12.8 Å². The Kier molecular flexibility index (Phi) is 5.37. The van der Waals surface area contributed by atoms with Gasteiger partial charge >= 0.3 is 0 Å². The zero-order chi connectivity index (χ0) is 27.6. The highest BCUT2D eigenvalue weighted by Gasteiger charge is 2.45. The summed E-state index contributed by atoms with van der Waals surface area (Å²) in [6.07, 6.45) is 9.37. The van der Waals surface area contributed by atoms with E-state index in [1.807, 2.05) is 0 Å². The van der Waals surface area contributed by atoms with Gasteiger partial charge in [0.2, 0.25) is 17.1 Å². The molecule has 0 amide bonds. The van der Waals surface area contributed by atoms with Gasteiger partial charge in [-0.15, -0.1) is 0 Å². The van der Waals surface area contributed by atoms with Crippen LogP contribution < -0.4 is 0 Å². The average molecular weight is 527 g/mol. The van der Waals surface area contributed by atoms with Gasteiger partial charge in [-0.2, -0.15) is 4.58 Å². The number of nitrogens with zero attached hydrogens (tertiary/aromatic N) is 1. The lowest BCUT2D eigenvalue weighted by Crippen LogP contribution is -2.26. The van der Waals surface area contributed by atoms with Crippen LogP contribution in [0.2, 0.25) is 0 Å². The van der Waals surface area contributed by atoms with Gasteiger partial charge < -0.3 is 0 Å². The Morgan fingerprint density at radius 1 is 0.659 bits per heavy atom. The molecule has 0 N–H and O–H groups in total. The Balaban J connectivity index is 1.40. The molecule has 0 saturated carbocycles. The lowest BCUT2D eigenvalue weighted by atomic mass is 9.78. The van der Waals surface area contributed by atoms with Crippen molar-refractivity contribution in [1.29, 1.82) is 0 Å². The minimum absolute atomic E-state index is 0.00714. The van der Waals surface area contributed by atoms with Crippen molar-refractivity contribution in [2.75, 3.05) is 0 Å². The first-order chi connectivity index (χ1) is 20.1. The fourth-order valence-electron chi connectivity index (χ4n) is 7.10. The molecule has 5 aromatic rings. The summed E-state index contributed by atoms with van der Waals surface area (Å²) < 4.78 is 2.54. The Hall–Kier alpha value is -4.75. The fourth-order valence-corrected chi connectivity index (χ4v) is 7.10. The maximum absolute atomic E-state index is 2.54. The van der Waals surface area contributed by atoms with Crippen LogP contribution in [0.15, 0.2) is 139 Å². The molecule has 5 aromatic carbocycles. The van der Waals surface area contributed by atoms with Crippen molar-refractivity contribution in [1.82, 2.24) is 0 Å². The minimum atomic E-state index is 0.00714. The largest absolute Gasteiger partial charge is 0.227 e. The van der Waals surface area contributed by atoms with Gasteiger partial charge in [-0.3, -0.25) is 0 Å². The summed E-state index contributed by atoms with van der Waals surface area (Å²) in [4.78, 5) is 0. The number of hydrogen-bond donors (Lipinski definition) is 0. The summed E-state index contributed by atoms with van der Waals surface area (Å²) in [6.45, 7) is 4.84. The van der Waals surface area contributed by atoms with Crippen molar-refractivity contribution >= 4 is 33.4 Å². The van der Waals surface area contributed by atoms with E-state index < -0.39 is 0 Å². The summed E-state index contributed by atoms with van der Waals surface area (Å²) in [7, 11) is 0. The number of benzene rings is 5. The zero-order valence-corrected chi connectivity index (χ0v) is 23.6. The van der Waals surface area contributed by atoms with Crippen LogP contribution in [0, 0.1) is 0 Å². The molecular formula is C40H32N+. The highest BCUT2D eigenvalue weighted by Crippen LogP contribution is 2.55. The van der Waals surface area contributed by atoms with Crippen LogP contribution >= 0.6 is 0 Å². The Bertz CT molecular complexity index is 1960. The monoisotopic (exact) mass is 526 g/mol. The Labute approximate surface area is 242 Å². The van der Waals surface area contributed by atoms with Crippen LogP contribution in [0.1, 0.15) is 48.9 Å². The van der Waals surface area contributed by atoms with Gasteiger partial charge in [-0.25, -0.2) is 0 Å². The molecular weight excluding hydrogens is 494 g/mol. The number of allylic oxidation sites excluding steroid dienone is 5. The highest BCUT2D eigenvalue weighted by atomic mass is 15.1. The van der Waals surface area contributed by atoms with E-state index >= 15 is 0 Å². The van der Waals surface area contributed by atoms with Gasteiger partial charge in [0.05, 0.1) is 17.0 Å². The van der Waals surface area contributed by atoms with Crippen molar-refractivity contribution in [2.24, 2.45) is 0 Å². The summed E-state index contributed by atoms with van der Waals surface area (Å²) in [5.74, 6) is 0. The quantitative estimate of drug-likeness (QED) is 0.205. The lowest BCUT2D eigenvalue weighted by molar-refractivity contribution is -0.340. The van der Waals surface area contributed by atoms with Crippen molar-refractivity contribution in [3.63, 3.8) is 0 Å². The molecule has 1 heterocycles. The molecule has 1 nitrogen and oxygen atoms in total. The molecule has 0 radical (unpaired) electrons. The number of rotatable bonds is 4. The second kappa shape index (κ2) is 9.14. The normalized spacial score (nSPS) is 16.9. The van der Waals surface area contributed by atoms with E-state index in [0.29, 0.717) is 0 Å². The van der Waals surface area contributed by atoms with Crippen molar-refractivity contribution in [3.8, 4) is 11.1 Å². The van der Waals surface area contributed by atoms with Crippen LogP contribution in [0.5, 0.6) is 0 Å². The summed E-state index contributed by atoms with van der Waals surface area (Å²) >= 11 is 0. The van der Waals surface area contributed by atoms with E-state index in [9.17, 15) is 0 Å². The standard InChI is InChI=1S/C40H32N/c1-40(2)34-20-12-11-19-33(34)38-35(40)25-31-17-9-10-18-32(31)39(38)41-36(29-15-7-4-8-16-29)26-37(41)30-23-21-28(22-24-30)27-13-5-3-6-14-27/h3-11,13-19,21-26H,12,20H2,1-2H3/q+1. The molecule has 0 aromatic heterocycles. The third-order valence-corrected chi connectivity index (χ3v) is 9.23. The molecule has 2 aliphatic carbocycles. The molecule has 0 spiro atoms. The van der Waals surface area contributed by atoms with Gasteiger partial charge in [-0.05, 0) is 76.9 Å². The smallest absolute Gasteiger partial charge is 0.151 e. The minimum Gasteiger partial charge on any atom is -0.151 e. The lowest BCUT2D eigenvalue weighted by Gasteiger charge is -2.26. The van der Waals surface area contributed by atoms with Gasteiger partial charge in [0, 0.05) is 16.5 Å². The molecule has 1 aliphatic heterocycles. The molecule has 196 valence electrons. The first-order valence-corrected chi connectivity index (χ1v) is 14.7. The Morgan fingerprint density at radius 2 is 1.29 bits per heavy atom. The number of fused-ring (bicyclic) bond motifs is 3. The second-order valence-electron chi connectivity index (χ2n) is 11.9. The molecule has 0 saturated heterocycles. The van der Waals surface area contributed by atoms with Crippen LogP contribution in [-0.4, -0.2) is 10.3 Å². The molecule has 3 aliphatic rings. The molecule has 0 unspecified atom stereocenters. The fraction of sp³-hybridized carbons (Fsp3) is 0.125. The van der Waals surface area contributed by atoms with Crippen LogP contribution in [-0.2, 0) is 5.41 Å². The molecule has 0 bridgehead atoms. The van der Waals surface area contributed by atoms with Gasteiger partial charge in [0.1, 0.15) is 0 Å². The van der Waals surface area contributed by atoms with E-state index in [2.05, 4.69) is 152 Å². The van der Waals surface area contributed by atoms with Crippen LogP contribution in [0.25, 0.3) is 33.2 Å². The highest BCUT2D eigenvalue weighted by molar-refractivity contribution is 6.16. The van der Waals surface area contributed by atoms with Crippen LogP contribution in [0.4, 0.5) is 5.69 Å². The molecule has 0 atom stereocenters. The molecule has 41 heavy (non-hydrogen) atoms. The van der Waals surface area contributed by atoms with Crippen molar-refractivity contribution in [2.45, 2.75) is 32.1 Å². The first-order valence-electron chi connectivity index (χ1n) is 14.7. The molecule has 8 rings (SSSR count). The topological polar surface area (TPSA) is 3.01 Å². The summed E-state index contributed by atoms with van der Waals surface area (Å²) in [5.41, 5.74) is 14.6. The molecule has 0 fully saturated rings. The predicted molar refractivity (Wildman–Crippen MR) is 173 cm³/mol. The third kappa shape index (κ3) is 3.66. The first kappa shape index (κ1) is 24.1. The summed E-state index contributed by atoms with van der Waals surface area (Å²) in [5, 5.41) is 2.60.